The maximum Gasteiger partial charge on any atom is 0.233 e. The molecule has 0 bridgehead atoms. The van der Waals surface area contributed by atoms with Crippen LogP contribution in [-0.2, 0) is 9.59 Å². The van der Waals surface area contributed by atoms with Gasteiger partial charge in [-0.2, -0.15) is 0 Å². The molecule has 0 N–H and O–H groups in total. The van der Waals surface area contributed by atoms with Gasteiger partial charge in [0.25, 0.3) is 0 Å². The van der Waals surface area contributed by atoms with Crippen LogP contribution in [0.15, 0.2) is 35.2 Å². The van der Waals surface area contributed by atoms with Crippen LogP contribution in [0.5, 0.6) is 0 Å². The Labute approximate surface area is 111 Å². The standard InChI is InChI=1S/C13H16N2O2S/c16-11-14-6-8-15(9-7-14)13(17)10-18-12-4-2-1-3-5-12/h1-5,11H,6-10H2. The van der Waals surface area contributed by atoms with E-state index in [0.717, 1.165) is 11.3 Å². The fraction of sp³-hybridized carbons (Fsp3) is 0.385. The van der Waals surface area contributed by atoms with Gasteiger partial charge in [0.2, 0.25) is 12.3 Å². The topological polar surface area (TPSA) is 40.6 Å². The van der Waals surface area contributed by atoms with Crippen molar-refractivity contribution in [1.82, 2.24) is 9.80 Å². The zero-order valence-corrected chi connectivity index (χ0v) is 10.9. The zero-order chi connectivity index (χ0) is 12.8. The van der Waals surface area contributed by atoms with Crippen molar-refractivity contribution in [2.24, 2.45) is 0 Å². The molecule has 0 saturated carbocycles. The molecule has 1 heterocycles. The number of hydrogen-bond donors (Lipinski definition) is 0. The first-order valence-corrected chi connectivity index (χ1v) is 6.93. The van der Waals surface area contributed by atoms with Crippen molar-refractivity contribution < 1.29 is 9.59 Å². The van der Waals surface area contributed by atoms with Crippen LogP contribution in [0.1, 0.15) is 0 Å². The maximum atomic E-state index is 12.0. The highest BCUT2D eigenvalue weighted by Crippen LogP contribution is 2.17. The van der Waals surface area contributed by atoms with Gasteiger partial charge >= 0.3 is 0 Å². The third kappa shape index (κ3) is 3.50. The van der Waals surface area contributed by atoms with E-state index in [4.69, 9.17) is 0 Å². The van der Waals surface area contributed by atoms with E-state index < -0.39 is 0 Å². The van der Waals surface area contributed by atoms with Crippen molar-refractivity contribution in [3.63, 3.8) is 0 Å². The second-order valence-electron chi connectivity index (χ2n) is 4.12. The minimum atomic E-state index is 0.148. The van der Waals surface area contributed by atoms with Gasteiger partial charge in [-0.1, -0.05) is 18.2 Å². The number of nitrogens with zero attached hydrogens (tertiary/aromatic N) is 2. The van der Waals surface area contributed by atoms with E-state index in [1.165, 1.54) is 0 Å². The van der Waals surface area contributed by atoms with Gasteiger partial charge in [0.05, 0.1) is 5.75 Å². The van der Waals surface area contributed by atoms with E-state index in [1.54, 1.807) is 16.7 Å². The summed E-state index contributed by atoms with van der Waals surface area (Å²) < 4.78 is 0. The predicted octanol–water partition coefficient (Wildman–Crippen LogP) is 1.08. The quantitative estimate of drug-likeness (QED) is 0.603. The van der Waals surface area contributed by atoms with Crippen molar-refractivity contribution in [2.45, 2.75) is 4.90 Å². The number of carbonyl (C=O) groups excluding carboxylic acids is 2. The van der Waals surface area contributed by atoms with E-state index >= 15 is 0 Å². The molecular formula is C13H16N2O2S. The minimum Gasteiger partial charge on any atom is -0.342 e. The molecular weight excluding hydrogens is 248 g/mol. The molecule has 0 aliphatic carbocycles. The smallest absolute Gasteiger partial charge is 0.233 e. The Balaban J connectivity index is 1.77. The third-order valence-corrected chi connectivity index (χ3v) is 3.92. The van der Waals surface area contributed by atoms with Crippen molar-refractivity contribution in [3.8, 4) is 0 Å². The summed E-state index contributed by atoms with van der Waals surface area (Å²) in [5, 5.41) is 0. The molecule has 1 aromatic rings. The van der Waals surface area contributed by atoms with Crippen LogP contribution >= 0.6 is 11.8 Å². The molecule has 0 radical (unpaired) electrons. The lowest BCUT2D eigenvalue weighted by Gasteiger charge is -2.32. The summed E-state index contributed by atoms with van der Waals surface area (Å²) in [6.07, 6.45) is 0.848. The normalized spacial score (nSPS) is 15.6. The lowest BCUT2D eigenvalue weighted by atomic mass is 10.3. The van der Waals surface area contributed by atoms with Gasteiger partial charge in [-0.3, -0.25) is 9.59 Å². The number of carbonyl (C=O) groups is 2. The molecule has 18 heavy (non-hydrogen) atoms. The molecule has 0 spiro atoms. The molecule has 1 aliphatic rings. The summed E-state index contributed by atoms with van der Waals surface area (Å²) in [7, 11) is 0. The highest BCUT2D eigenvalue weighted by atomic mass is 32.2. The highest BCUT2D eigenvalue weighted by molar-refractivity contribution is 8.00. The number of hydrogen-bond acceptors (Lipinski definition) is 3. The number of rotatable bonds is 4. The molecule has 4 nitrogen and oxygen atoms in total. The summed E-state index contributed by atoms with van der Waals surface area (Å²) >= 11 is 1.55. The summed E-state index contributed by atoms with van der Waals surface area (Å²) in [4.78, 5) is 27.2. The lowest BCUT2D eigenvalue weighted by Crippen LogP contribution is -2.48. The SMILES string of the molecule is O=CN1CCN(C(=O)CSc2ccccc2)CC1. The van der Waals surface area contributed by atoms with Gasteiger partial charge in [-0.05, 0) is 12.1 Å². The monoisotopic (exact) mass is 264 g/mol. The molecule has 0 aromatic heterocycles. The first kappa shape index (κ1) is 13.0. The average molecular weight is 264 g/mol. The summed E-state index contributed by atoms with van der Waals surface area (Å²) in [6, 6.07) is 9.90. The molecule has 0 atom stereocenters. The molecule has 2 rings (SSSR count). The van der Waals surface area contributed by atoms with Gasteiger partial charge in [0.1, 0.15) is 0 Å². The molecule has 1 saturated heterocycles. The van der Waals surface area contributed by atoms with E-state index in [0.29, 0.717) is 31.9 Å². The van der Waals surface area contributed by atoms with Crippen LogP contribution in [0.2, 0.25) is 0 Å². The Morgan fingerprint density at radius 3 is 2.44 bits per heavy atom. The fourth-order valence-corrected chi connectivity index (χ4v) is 2.65. The second-order valence-corrected chi connectivity index (χ2v) is 5.17. The lowest BCUT2D eigenvalue weighted by molar-refractivity contribution is -0.132. The highest BCUT2D eigenvalue weighted by Gasteiger charge is 2.19. The van der Waals surface area contributed by atoms with Crippen molar-refractivity contribution >= 4 is 24.1 Å². The minimum absolute atomic E-state index is 0.148. The van der Waals surface area contributed by atoms with Crippen LogP contribution in [0, 0.1) is 0 Å². The Morgan fingerprint density at radius 1 is 1.17 bits per heavy atom. The zero-order valence-electron chi connectivity index (χ0n) is 10.1. The molecule has 96 valence electrons. The van der Waals surface area contributed by atoms with Crippen molar-refractivity contribution in [1.29, 1.82) is 0 Å². The van der Waals surface area contributed by atoms with Crippen molar-refractivity contribution in [2.75, 3.05) is 31.9 Å². The summed E-state index contributed by atoms with van der Waals surface area (Å²) in [5.41, 5.74) is 0. The van der Waals surface area contributed by atoms with Crippen LogP contribution < -0.4 is 0 Å². The third-order valence-electron chi connectivity index (χ3n) is 2.92. The van der Waals surface area contributed by atoms with Crippen molar-refractivity contribution in [3.05, 3.63) is 30.3 Å². The molecule has 1 fully saturated rings. The molecule has 5 heteroatoms. The number of benzene rings is 1. The van der Waals surface area contributed by atoms with Gasteiger partial charge in [-0.25, -0.2) is 0 Å². The number of piperazine rings is 1. The van der Waals surface area contributed by atoms with Crippen LogP contribution in [-0.4, -0.2) is 54.0 Å². The fourth-order valence-electron chi connectivity index (χ4n) is 1.83. The van der Waals surface area contributed by atoms with Crippen LogP contribution in [0.4, 0.5) is 0 Å². The summed E-state index contributed by atoms with van der Waals surface area (Å²) in [5.74, 6) is 0.611. The first-order valence-electron chi connectivity index (χ1n) is 5.94. The van der Waals surface area contributed by atoms with Gasteiger partial charge in [-0.15, -0.1) is 11.8 Å². The average Bonchev–Trinajstić information content (AvgIpc) is 2.46. The Kier molecular flexibility index (Phi) is 4.64. The Bertz CT molecular complexity index is 403. The molecule has 1 aliphatic heterocycles. The maximum absolute atomic E-state index is 12.0. The predicted molar refractivity (Wildman–Crippen MR) is 71.4 cm³/mol. The van der Waals surface area contributed by atoms with Gasteiger partial charge in [0, 0.05) is 31.1 Å². The Morgan fingerprint density at radius 2 is 1.83 bits per heavy atom. The van der Waals surface area contributed by atoms with E-state index in [9.17, 15) is 9.59 Å². The van der Waals surface area contributed by atoms with E-state index in [1.807, 2.05) is 35.2 Å². The van der Waals surface area contributed by atoms with E-state index in [2.05, 4.69) is 0 Å². The number of amides is 2. The largest absolute Gasteiger partial charge is 0.342 e. The number of thioether (sulfide) groups is 1. The molecule has 1 aromatic carbocycles. The molecule has 2 amide bonds. The Hall–Kier alpha value is -1.49. The van der Waals surface area contributed by atoms with Crippen LogP contribution in [0.25, 0.3) is 0 Å². The second kappa shape index (κ2) is 6.44. The van der Waals surface area contributed by atoms with E-state index in [-0.39, 0.29) is 5.91 Å². The molecule has 0 unspecified atom stereocenters. The summed E-state index contributed by atoms with van der Waals surface area (Å²) in [6.45, 7) is 2.58. The van der Waals surface area contributed by atoms with Crippen LogP contribution in [0.3, 0.4) is 0 Å². The van der Waals surface area contributed by atoms with Gasteiger partial charge in [0.15, 0.2) is 0 Å². The first-order chi connectivity index (χ1) is 8.79. The van der Waals surface area contributed by atoms with Gasteiger partial charge < -0.3 is 9.80 Å².